The van der Waals surface area contributed by atoms with Gasteiger partial charge in [-0.05, 0) is 56.5 Å². The summed E-state index contributed by atoms with van der Waals surface area (Å²) in [6.07, 6.45) is -6.58. The zero-order valence-electron chi connectivity index (χ0n) is 51.5. The van der Waals surface area contributed by atoms with Crippen LogP contribution in [0.3, 0.4) is 0 Å². The van der Waals surface area contributed by atoms with Crippen molar-refractivity contribution in [1.29, 1.82) is 0 Å². The van der Waals surface area contributed by atoms with Crippen LogP contribution in [0.4, 0.5) is 0 Å². The Hall–Kier alpha value is -6.81. The summed E-state index contributed by atoms with van der Waals surface area (Å²) < 4.78 is 134. The number of phosphoric ester groups is 3. The Morgan fingerprint density at radius 1 is 0.283 bits per heavy atom. The van der Waals surface area contributed by atoms with Crippen LogP contribution in [0, 0.1) is 0 Å². The SMILES string of the molecule is CCCCC[C@]1(OP(=O)(OCc2ccccc2)OCc2ccccc2)[C@H](OP(=O)(OCc2ccccc2)OCc2ccccc2)[C@@H](OCc2ccccc2)[C@H](OP(=O)(OCc2ccccc2)OCc2ccccc2)[C@H](OCc2ccccc2)[C@@H]1OCc1ccccc1. The topological polar surface area (TPSA) is 162 Å². The van der Waals surface area contributed by atoms with Crippen molar-refractivity contribution in [2.75, 3.05) is 0 Å². The van der Waals surface area contributed by atoms with E-state index in [1.807, 2.05) is 273 Å². The van der Waals surface area contributed by atoms with Gasteiger partial charge in [0.1, 0.15) is 36.1 Å². The van der Waals surface area contributed by atoms with Crippen LogP contribution in [0.25, 0.3) is 0 Å². The highest BCUT2D eigenvalue weighted by atomic mass is 31.2. The molecule has 480 valence electrons. The molecular formula is C74H79O15P3. The van der Waals surface area contributed by atoms with E-state index in [-0.39, 0.29) is 65.9 Å². The summed E-state index contributed by atoms with van der Waals surface area (Å²) in [6.45, 7) is 0.221. The van der Waals surface area contributed by atoms with Crippen molar-refractivity contribution in [3.63, 3.8) is 0 Å². The average molecular weight is 1300 g/mol. The lowest BCUT2D eigenvalue weighted by Gasteiger charge is -2.56. The van der Waals surface area contributed by atoms with Crippen molar-refractivity contribution in [2.45, 2.75) is 128 Å². The molecular weight excluding hydrogens is 1220 g/mol. The van der Waals surface area contributed by atoms with Gasteiger partial charge in [-0.3, -0.25) is 40.7 Å². The standard InChI is InChI=1S/C74H79O15P3/c1-2-3-31-50-74(89-92(77,85-58-67-46-27-11-28-47-67)86-59-68-48-29-12-30-49-68)72(80-53-62-36-17-6-18-37-62)70(78-51-60-32-13-4-14-33-60)69(87-90(75,81-54-63-38-19-7-20-39-63)82-55-64-40-21-8-22-41-64)71(79-52-61-34-15-5-16-35-61)73(74)88-91(76,83-56-65-42-23-9-24-43-65)84-57-66-44-25-10-26-45-66/h4-30,32-49,69-73H,2-3,31,50-59H2,1H3/t69-,70+,71+,72+,73-,74-/m1/s1. The monoisotopic (exact) mass is 1300 g/mol. The van der Waals surface area contributed by atoms with Crippen LogP contribution < -0.4 is 0 Å². The molecule has 0 amide bonds. The molecule has 0 spiro atoms. The molecule has 9 aromatic rings. The van der Waals surface area contributed by atoms with Gasteiger partial charge in [-0.15, -0.1) is 0 Å². The summed E-state index contributed by atoms with van der Waals surface area (Å²) >= 11 is 0. The summed E-state index contributed by atoms with van der Waals surface area (Å²) in [5.74, 6) is 0. The number of ether oxygens (including phenoxy) is 3. The lowest BCUT2D eigenvalue weighted by Crippen LogP contribution is -2.73. The molecule has 9 aromatic carbocycles. The van der Waals surface area contributed by atoms with E-state index in [9.17, 15) is 0 Å². The fourth-order valence-corrected chi connectivity index (χ4v) is 14.9. The molecule has 0 bridgehead atoms. The summed E-state index contributed by atoms with van der Waals surface area (Å²) in [5.41, 5.74) is 3.87. The van der Waals surface area contributed by atoms with Crippen molar-refractivity contribution in [3.05, 3.63) is 323 Å². The predicted molar refractivity (Wildman–Crippen MR) is 353 cm³/mol. The number of phosphoric acid groups is 3. The fraction of sp³-hybridized carbons (Fsp3) is 0.270. The summed E-state index contributed by atoms with van der Waals surface area (Å²) in [5, 5.41) is 0. The van der Waals surface area contributed by atoms with Gasteiger partial charge in [-0.1, -0.05) is 299 Å². The van der Waals surface area contributed by atoms with Gasteiger partial charge in [0, 0.05) is 0 Å². The third kappa shape index (κ3) is 20.3. The van der Waals surface area contributed by atoms with Gasteiger partial charge in [0.25, 0.3) is 0 Å². The zero-order chi connectivity index (χ0) is 63.6. The largest absolute Gasteiger partial charge is 0.476 e. The fourth-order valence-electron chi connectivity index (χ4n) is 10.6. The Morgan fingerprint density at radius 2 is 0.533 bits per heavy atom. The number of benzene rings is 9. The highest BCUT2D eigenvalue weighted by Gasteiger charge is 2.68. The molecule has 1 saturated carbocycles. The van der Waals surface area contributed by atoms with Gasteiger partial charge in [-0.25, -0.2) is 13.7 Å². The molecule has 0 heterocycles. The van der Waals surface area contributed by atoms with Crippen molar-refractivity contribution >= 4 is 23.5 Å². The first kappa shape index (κ1) is 68.1. The normalized spacial score (nSPS) is 18.6. The molecule has 0 unspecified atom stereocenters. The highest BCUT2D eigenvalue weighted by Crippen LogP contribution is 2.64. The van der Waals surface area contributed by atoms with Gasteiger partial charge in [0.15, 0.2) is 0 Å². The van der Waals surface area contributed by atoms with Gasteiger partial charge < -0.3 is 14.2 Å². The van der Waals surface area contributed by atoms with E-state index < -0.39 is 59.6 Å². The smallest absolute Gasteiger partial charge is 0.368 e. The van der Waals surface area contributed by atoms with Crippen LogP contribution >= 0.6 is 23.5 Å². The van der Waals surface area contributed by atoms with Crippen LogP contribution in [0.2, 0.25) is 0 Å². The van der Waals surface area contributed by atoms with E-state index in [0.717, 1.165) is 11.1 Å². The number of hydrogen-bond acceptors (Lipinski definition) is 15. The molecule has 1 aliphatic carbocycles. The highest BCUT2D eigenvalue weighted by molar-refractivity contribution is 7.49. The quantitative estimate of drug-likeness (QED) is 0.0267. The Bertz CT molecular complexity index is 3540. The predicted octanol–water partition coefficient (Wildman–Crippen LogP) is 18.5. The minimum absolute atomic E-state index is 0.0779. The number of rotatable bonds is 37. The molecule has 0 saturated heterocycles. The van der Waals surface area contributed by atoms with E-state index in [4.69, 9.17) is 54.9 Å². The minimum atomic E-state index is -5.05. The first-order valence-electron chi connectivity index (χ1n) is 31.0. The van der Waals surface area contributed by atoms with Crippen LogP contribution in [-0.4, -0.2) is 36.1 Å². The molecule has 15 nitrogen and oxygen atoms in total. The maximum Gasteiger partial charge on any atom is 0.476 e. The molecule has 6 atom stereocenters. The first-order valence-corrected chi connectivity index (χ1v) is 35.4. The van der Waals surface area contributed by atoms with Crippen molar-refractivity contribution < 1.29 is 68.6 Å². The molecule has 1 fully saturated rings. The summed E-state index contributed by atoms with van der Waals surface area (Å²) in [6, 6.07) is 83.6. The second-order valence-corrected chi connectivity index (χ2v) is 27.1. The Kier molecular flexibility index (Phi) is 25.8. The van der Waals surface area contributed by atoms with E-state index in [1.54, 1.807) is 0 Å². The molecule has 1 aliphatic rings. The lowest BCUT2D eigenvalue weighted by atomic mass is 9.72. The second kappa shape index (κ2) is 34.9. The van der Waals surface area contributed by atoms with Crippen LogP contribution in [0.15, 0.2) is 273 Å². The number of unbranched alkanes of at least 4 members (excludes halogenated alkanes) is 2. The average Bonchev–Trinajstić information content (AvgIpc) is 0.718. The summed E-state index contributed by atoms with van der Waals surface area (Å²) in [4.78, 5) is 0. The van der Waals surface area contributed by atoms with Crippen molar-refractivity contribution in [1.82, 2.24) is 0 Å². The van der Waals surface area contributed by atoms with Crippen molar-refractivity contribution in [3.8, 4) is 0 Å². The third-order valence-corrected chi connectivity index (χ3v) is 19.6. The molecule has 18 heteroatoms. The van der Waals surface area contributed by atoms with Crippen LogP contribution in [0.1, 0.15) is 82.7 Å². The van der Waals surface area contributed by atoms with Crippen LogP contribution in [0.5, 0.6) is 0 Å². The number of hydrogen-bond donors (Lipinski definition) is 0. The van der Waals surface area contributed by atoms with Gasteiger partial charge in [0.2, 0.25) is 0 Å². The third-order valence-electron chi connectivity index (χ3n) is 15.4. The van der Waals surface area contributed by atoms with Crippen molar-refractivity contribution in [2.24, 2.45) is 0 Å². The maximum atomic E-state index is 16.8. The maximum absolute atomic E-state index is 16.8. The van der Waals surface area contributed by atoms with E-state index in [2.05, 4.69) is 6.92 Å². The zero-order valence-corrected chi connectivity index (χ0v) is 54.2. The molecule has 0 radical (unpaired) electrons. The Labute approximate surface area is 540 Å². The molecule has 0 aliphatic heterocycles. The van der Waals surface area contributed by atoms with Crippen LogP contribution in [-0.2, 0) is 128 Å². The first-order chi connectivity index (χ1) is 45.1. The molecule has 92 heavy (non-hydrogen) atoms. The molecule has 0 aromatic heterocycles. The second-order valence-electron chi connectivity index (χ2n) is 22.2. The van der Waals surface area contributed by atoms with Gasteiger partial charge >= 0.3 is 23.5 Å². The summed E-state index contributed by atoms with van der Waals surface area (Å²) in [7, 11) is -15.0. The van der Waals surface area contributed by atoms with E-state index >= 15 is 13.7 Å². The lowest BCUT2D eigenvalue weighted by molar-refractivity contribution is -0.292. The Balaban J connectivity index is 1.23. The van der Waals surface area contributed by atoms with E-state index in [1.165, 1.54) is 0 Å². The molecule has 10 rings (SSSR count). The van der Waals surface area contributed by atoms with Gasteiger partial charge in [-0.2, -0.15) is 0 Å². The molecule has 0 N–H and O–H groups in total. The van der Waals surface area contributed by atoms with E-state index in [0.29, 0.717) is 58.2 Å². The van der Waals surface area contributed by atoms with Gasteiger partial charge in [0.05, 0.1) is 59.5 Å². The minimum Gasteiger partial charge on any atom is -0.368 e. The Morgan fingerprint density at radius 3 is 0.826 bits per heavy atom.